The highest BCUT2D eigenvalue weighted by molar-refractivity contribution is 8.00. The maximum Gasteiger partial charge on any atom is 0.126 e. The van der Waals surface area contributed by atoms with Gasteiger partial charge in [-0.3, -0.25) is 0 Å². The zero-order chi connectivity index (χ0) is 25.7. The van der Waals surface area contributed by atoms with Crippen molar-refractivity contribution < 1.29 is 26.3 Å². The van der Waals surface area contributed by atoms with Crippen LogP contribution in [-0.2, 0) is 17.3 Å². The lowest BCUT2D eigenvalue weighted by atomic mass is 10.2. The fourth-order valence-corrected chi connectivity index (χ4v) is 6.36. The van der Waals surface area contributed by atoms with Crippen LogP contribution in [0.1, 0.15) is 16.7 Å². The lowest BCUT2D eigenvalue weighted by Gasteiger charge is -2.11. The Hall–Kier alpha value is -2.49. The maximum absolute atomic E-state index is 13.6. The predicted octanol–water partition coefficient (Wildman–Crippen LogP) is 9.40. The molecule has 0 aliphatic carbocycles. The van der Waals surface area contributed by atoms with E-state index >= 15 is 0 Å². The average Bonchev–Trinajstić information content (AvgIpc) is 2.78. The highest BCUT2D eigenvalue weighted by Gasteiger charge is 2.09. The van der Waals surface area contributed by atoms with Crippen LogP contribution >= 0.6 is 35.3 Å². The summed E-state index contributed by atoms with van der Waals surface area (Å²) in [6.45, 7) is 0. The van der Waals surface area contributed by atoms with E-state index in [1.54, 1.807) is 0 Å². The Kier molecular flexibility index (Phi) is 8.98. The SMILES string of the molecule is Fc1cc(F)cc(CSc2cc(SCc3cc(F)cc(F)c3)cc(SCc3cc(F)cc(F)c3)c2)c1. The Morgan fingerprint density at radius 2 is 0.556 bits per heavy atom. The number of hydrogen-bond donors (Lipinski definition) is 0. The van der Waals surface area contributed by atoms with Crippen LogP contribution < -0.4 is 0 Å². The van der Waals surface area contributed by atoms with E-state index in [0.29, 0.717) is 33.9 Å². The van der Waals surface area contributed by atoms with Crippen LogP contribution in [0.2, 0.25) is 0 Å². The normalized spacial score (nSPS) is 11.2. The minimum absolute atomic E-state index is 0.317. The van der Waals surface area contributed by atoms with E-state index in [9.17, 15) is 26.3 Å². The first-order valence-corrected chi connectivity index (χ1v) is 13.6. The van der Waals surface area contributed by atoms with Gasteiger partial charge < -0.3 is 0 Å². The molecule has 0 N–H and O–H groups in total. The van der Waals surface area contributed by atoms with E-state index in [4.69, 9.17) is 0 Å². The third-order valence-electron chi connectivity index (χ3n) is 4.84. The lowest BCUT2D eigenvalue weighted by molar-refractivity contribution is 0.580. The van der Waals surface area contributed by atoms with Crippen LogP contribution in [0.4, 0.5) is 26.3 Å². The summed E-state index contributed by atoms with van der Waals surface area (Å²) in [5.74, 6) is -2.99. The second kappa shape index (κ2) is 12.2. The van der Waals surface area contributed by atoms with Crippen molar-refractivity contribution in [2.24, 2.45) is 0 Å². The van der Waals surface area contributed by atoms with Crippen molar-refractivity contribution in [3.8, 4) is 0 Å². The van der Waals surface area contributed by atoms with Crippen molar-refractivity contribution >= 4 is 35.3 Å². The van der Waals surface area contributed by atoms with Crippen LogP contribution in [0.5, 0.6) is 0 Å². The molecule has 0 unspecified atom stereocenters. The molecule has 0 atom stereocenters. The highest BCUT2D eigenvalue weighted by atomic mass is 32.2. The van der Waals surface area contributed by atoms with Crippen LogP contribution in [0.15, 0.2) is 87.5 Å². The van der Waals surface area contributed by atoms with Crippen molar-refractivity contribution in [1.29, 1.82) is 0 Å². The zero-order valence-electron chi connectivity index (χ0n) is 18.5. The Bertz CT molecular complexity index is 1140. The van der Waals surface area contributed by atoms with Gasteiger partial charge in [0.1, 0.15) is 34.9 Å². The maximum atomic E-state index is 13.6. The van der Waals surface area contributed by atoms with Gasteiger partial charge >= 0.3 is 0 Å². The monoisotopic (exact) mass is 552 g/mol. The number of thioether (sulfide) groups is 3. The first-order chi connectivity index (χ1) is 17.2. The van der Waals surface area contributed by atoms with Gasteiger partial charge in [0, 0.05) is 50.1 Å². The Balaban J connectivity index is 1.53. The molecule has 4 rings (SSSR count). The van der Waals surface area contributed by atoms with E-state index in [-0.39, 0.29) is 0 Å². The first-order valence-electron chi connectivity index (χ1n) is 10.6. The molecule has 0 radical (unpaired) electrons. The fourth-order valence-electron chi connectivity index (χ4n) is 3.38. The number of benzene rings is 4. The number of rotatable bonds is 9. The van der Waals surface area contributed by atoms with Gasteiger partial charge in [-0.25, -0.2) is 26.3 Å². The topological polar surface area (TPSA) is 0 Å². The van der Waals surface area contributed by atoms with Crippen LogP contribution in [0.25, 0.3) is 0 Å². The zero-order valence-corrected chi connectivity index (χ0v) is 21.0. The molecule has 0 saturated carbocycles. The second-order valence-corrected chi connectivity index (χ2v) is 11.0. The molecule has 0 nitrogen and oxygen atoms in total. The molecule has 0 spiro atoms. The second-order valence-electron chi connectivity index (χ2n) is 7.84. The summed E-state index contributed by atoms with van der Waals surface area (Å²) < 4.78 is 81.3. The molecule has 36 heavy (non-hydrogen) atoms. The van der Waals surface area contributed by atoms with Gasteiger partial charge in [0.15, 0.2) is 0 Å². The average molecular weight is 553 g/mol. The van der Waals surface area contributed by atoms with Gasteiger partial charge in [0.2, 0.25) is 0 Å². The van der Waals surface area contributed by atoms with E-state index in [0.717, 1.165) is 32.9 Å². The van der Waals surface area contributed by atoms with Crippen molar-refractivity contribution in [3.63, 3.8) is 0 Å². The molecular weight excluding hydrogens is 534 g/mol. The minimum Gasteiger partial charge on any atom is -0.207 e. The molecule has 4 aromatic carbocycles. The molecule has 9 heteroatoms. The molecule has 186 valence electrons. The molecule has 0 aliphatic rings. The molecular formula is C27H18F6S3. The van der Waals surface area contributed by atoms with Gasteiger partial charge in [0.25, 0.3) is 0 Å². The number of hydrogen-bond acceptors (Lipinski definition) is 3. The summed E-state index contributed by atoms with van der Waals surface area (Å²) in [4.78, 5) is 2.43. The van der Waals surface area contributed by atoms with E-state index in [1.807, 2.05) is 18.2 Å². The molecule has 0 heterocycles. The first kappa shape index (κ1) is 26.6. The van der Waals surface area contributed by atoms with E-state index in [2.05, 4.69) is 0 Å². The van der Waals surface area contributed by atoms with Crippen molar-refractivity contribution in [2.45, 2.75) is 31.9 Å². The Morgan fingerprint density at radius 1 is 0.333 bits per heavy atom. The van der Waals surface area contributed by atoms with E-state index in [1.165, 1.54) is 71.7 Å². The van der Waals surface area contributed by atoms with Gasteiger partial charge in [-0.1, -0.05) is 0 Å². The van der Waals surface area contributed by atoms with Crippen LogP contribution in [0, 0.1) is 34.9 Å². The number of halogens is 6. The summed E-state index contributed by atoms with van der Waals surface area (Å²) in [7, 11) is 0. The van der Waals surface area contributed by atoms with Crippen molar-refractivity contribution in [1.82, 2.24) is 0 Å². The molecule has 0 bridgehead atoms. The predicted molar refractivity (Wildman–Crippen MR) is 134 cm³/mol. The standard InChI is InChI=1S/C27H18F6S3/c28-19-1-16(2-20(29)7-19)13-34-25-10-26(35-14-17-3-21(30)8-22(31)4-17)12-27(11-25)36-15-18-5-23(32)9-24(33)6-18/h1-12H,13-15H2. The lowest BCUT2D eigenvalue weighted by Crippen LogP contribution is -1.89. The Labute approximate surface area is 217 Å². The largest absolute Gasteiger partial charge is 0.207 e. The summed E-state index contributed by atoms with van der Waals surface area (Å²) in [6, 6.07) is 15.7. The smallest absolute Gasteiger partial charge is 0.126 e. The molecule has 0 fully saturated rings. The van der Waals surface area contributed by atoms with Crippen LogP contribution in [0.3, 0.4) is 0 Å². The quantitative estimate of drug-likeness (QED) is 0.150. The van der Waals surface area contributed by atoms with Gasteiger partial charge in [0.05, 0.1) is 0 Å². The van der Waals surface area contributed by atoms with Gasteiger partial charge in [-0.05, 0) is 71.3 Å². The summed E-state index contributed by atoms with van der Waals surface area (Å²) in [5.41, 5.74) is 1.45. The molecule has 0 aliphatic heterocycles. The molecule has 4 aromatic rings. The Morgan fingerprint density at radius 3 is 0.778 bits per heavy atom. The molecule has 0 amide bonds. The summed E-state index contributed by atoms with van der Waals surface area (Å²) in [5, 5.41) is 0. The van der Waals surface area contributed by atoms with Crippen molar-refractivity contribution in [3.05, 3.63) is 124 Å². The molecule has 0 saturated heterocycles. The molecule has 0 aromatic heterocycles. The summed E-state index contributed by atoms with van der Waals surface area (Å²) >= 11 is 4.12. The van der Waals surface area contributed by atoms with Crippen LogP contribution in [-0.4, -0.2) is 0 Å². The summed E-state index contributed by atoms with van der Waals surface area (Å²) in [6.07, 6.45) is 0. The third kappa shape index (κ3) is 8.01. The minimum atomic E-state index is -0.657. The van der Waals surface area contributed by atoms with Gasteiger partial charge in [-0.15, -0.1) is 35.3 Å². The van der Waals surface area contributed by atoms with Gasteiger partial charge in [-0.2, -0.15) is 0 Å². The fraction of sp³-hybridized carbons (Fsp3) is 0.111. The van der Waals surface area contributed by atoms with E-state index < -0.39 is 34.9 Å². The third-order valence-corrected chi connectivity index (χ3v) is 7.98. The van der Waals surface area contributed by atoms with Crippen molar-refractivity contribution in [2.75, 3.05) is 0 Å². The highest BCUT2D eigenvalue weighted by Crippen LogP contribution is 2.35.